The third kappa shape index (κ3) is 4.19. The molecule has 0 aliphatic carbocycles. The number of carbonyl (C=O) groups excluding carboxylic acids is 2. The summed E-state index contributed by atoms with van der Waals surface area (Å²) in [6.07, 6.45) is 5.67. The number of amides is 2. The summed E-state index contributed by atoms with van der Waals surface area (Å²) in [5.41, 5.74) is 4.16. The second kappa shape index (κ2) is 8.68. The van der Waals surface area contributed by atoms with E-state index in [1.54, 1.807) is 11.9 Å². The Labute approximate surface area is 182 Å². The zero-order valence-corrected chi connectivity index (χ0v) is 17.8. The van der Waals surface area contributed by atoms with Crippen LogP contribution >= 0.6 is 0 Å². The summed E-state index contributed by atoms with van der Waals surface area (Å²) in [6, 6.07) is 16.6. The minimum atomic E-state index is -0.688. The van der Waals surface area contributed by atoms with Crippen molar-refractivity contribution in [2.24, 2.45) is 5.41 Å². The van der Waals surface area contributed by atoms with Gasteiger partial charge in [-0.15, -0.1) is 0 Å². The van der Waals surface area contributed by atoms with E-state index in [4.69, 9.17) is 0 Å². The maximum absolute atomic E-state index is 13.1. The smallest absolute Gasteiger partial charge is 0.274 e. The van der Waals surface area contributed by atoms with Crippen molar-refractivity contribution in [1.29, 1.82) is 0 Å². The number of likely N-dealkylation sites (tertiary alicyclic amines) is 1. The van der Waals surface area contributed by atoms with E-state index in [-0.39, 0.29) is 11.8 Å². The third-order valence-electron chi connectivity index (χ3n) is 6.01. The standard InChI is InChI=1S/C25H26N4O2/c1-18-6-5-8-19(14-18)21-9-4-3-7-20(21)15-25(24(31)26-2)10-13-29(17-25)23(30)22-16-27-11-12-28-22/h3-9,11-12,14,16H,10,13,15,17H2,1-2H3,(H,26,31). The van der Waals surface area contributed by atoms with E-state index in [2.05, 4.69) is 52.5 Å². The zero-order chi connectivity index (χ0) is 21.8. The van der Waals surface area contributed by atoms with Gasteiger partial charge in [0.2, 0.25) is 5.91 Å². The Kier molecular flexibility index (Phi) is 5.80. The van der Waals surface area contributed by atoms with Crippen molar-refractivity contribution in [2.75, 3.05) is 20.1 Å². The van der Waals surface area contributed by atoms with Gasteiger partial charge in [-0.3, -0.25) is 14.6 Å². The Balaban J connectivity index is 1.65. The van der Waals surface area contributed by atoms with Crippen LogP contribution in [0.2, 0.25) is 0 Å². The fourth-order valence-electron chi connectivity index (χ4n) is 4.43. The molecule has 2 aromatic carbocycles. The molecule has 6 heteroatoms. The van der Waals surface area contributed by atoms with Gasteiger partial charge < -0.3 is 10.2 Å². The number of nitrogens with zero attached hydrogens (tertiary/aromatic N) is 3. The molecule has 1 unspecified atom stereocenters. The molecular formula is C25H26N4O2. The van der Waals surface area contributed by atoms with Crippen molar-refractivity contribution in [3.05, 3.63) is 83.9 Å². The Morgan fingerprint density at radius 3 is 2.71 bits per heavy atom. The molecule has 31 heavy (non-hydrogen) atoms. The van der Waals surface area contributed by atoms with Gasteiger partial charge in [-0.2, -0.15) is 0 Å². The Hall–Kier alpha value is -3.54. The number of carbonyl (C=O) groups is 2. The van der Waals surface area contributed by atoms with Crippen LogP contribution in [0.3, 0.4) is 0 Å². The maximum Gasteiger partial charge on any atom is 0.274 e. The van der Waals surface area contributed by atoms with Crippen LogP contribution in [0.15, 0.2) is 67.1 Å². The molecule has 1 atom stereocenters. The SMILES string of the molecule is CNC(=O)C1(Cc2ccccc2-c2cccc(C)c2)CCN(C(=O)c2cnccn2)C1. The number of rotatable bonds is 5. The van der Waals surface area contributed by atoms with Crippen molar-refractivity contribution >= 4 is 11.8 Å². The van der Waals surface area contributed by atoms with Crippen molar-refractivity contribution in [1.82, 2.24) is 20.2 Å². The van der Waals surface area contributed by atoms with Crippen LogP contribution in [-0.2, 0) is 11.2 Å². The molecule has 1 aromatic heterocycles. The Bertz CT molecular complexity index is 1100. The summed E-state index contributed by atoms with van der Waals surface area (Å²) in [5.74, 6) is -0.230. The van der Waals surface area contributed by atoms with Crippen LogP contribution in [0.5, 0.6) is 0 Å². The Morgan fingerprint density at radius 2 is 1.97 bits per heavy atom. The molecule has 0 bridgehead atoms. The lowest BCUT2D eigenvalue weighted by molar-refractivity contribution is -0.129. The molecule has 1 aliphatic heterocycles. The highest BCUT2D eigenvalue weighted by Gasteiger charge is 2.46. The molecule has 4 rings (SSSR count). The molecule has 1 fully saturated rings. The van der Waals surface area contributed by atoms with Gasteiger partial charge in [0.1, 0.15) is 5.69 Å². The summed E-state index contributed by atoms with van der Waals surface area (Å²) in [7, 11) is 1.66. The van der Waals surface area contributed by atoms with E-state index in [0.29, 0.717) is 31.6 Å². The molecule has 1 aliphatic rings. The number of aromatic nitrogens is 2. The molecule has 2 amide bonds. The van der Waals surface area contributed by atoms with E-state index in [9.17, 15) is 9.59 Å². The zero-order valence-electron chi connectivity index (χ0n) is 17.8. The van der Waals surface area contributed by atoms with Gasteiger partial charge in [-0.05, 0) is 36.5 Å². The van der Waals surface area contributed by atoms with Gasteiger partial charge in [0.25, 0.3) is 5.91 Å². The summed E-state index contributed by atoms with van der Waals surface area (Å²) < 4.78 is 0. The lowest BCUT2D eigenvalue weighted by atomic mass is 9.78. The predicted octanol–water partition coefficient (Wildman–Crippen LogP) is 3.27. The molecule has 0 saturated carbocycles. The van der Waals surface area contributed by atoms with Crippen LogP contribution < -0.4 is 5.32 Å². The first-order valence-electron chi connectivity index (χ1n) is 10.4. The van der Waals surface area contributed by atoms with E-state index in [1.165, 1.54) is 24.2 Å². The molecule has 6 nitrogen and oxygen atoms in total. The second-order valence-corrected chi connectivity index (χ2v) is 8.13. The van der Waals surface area contributed by atoms with Gasteiger partial charge in [0, 0.05) is 32.5 Å². The van der Waals surface area contributed by atoms with Gasteiger partial charge >= 0.3 is 0 Å². The fraction of sp³-hybridized carbons (Fsp3) is 0.280. The van der Waals surface area contributed by atoms with Crippen molar-refractivity contribution in [3.63, 3.8) is 0 Å². The molecule has 0 spiro atoms. The molecule has 2 heterocycles. The fourth-order valence-corrected chi connectivity index (χ4v) is 4.43. The molecule has 1 N–H and O–H groups in total. The number of hydrogen-bond acceptors (Lipinski definition) is 4. The van der Waals surface area contributed by atoms with Crippen molar-refractivity contribution < 1.29 is 9.59 Å². The predicted molar refractivity (Wildman–Crippen MR) is 119 cm³/mol. The van der Waals surface area contributed by atoms with Crippen LogP contribution in [-0.4, -0.2) is 46.8 Å². The van der Waals surface area contributed by atoms with E-state index < -0.39 is 5.41 Å². The largest absolute Gasteiger partial charge is 0.359 e. The van der Waals surface area contributed by atoms with Gasteiger partial charge in [-0.1, -0.05) is 54.1 Å². The minimum absolute atomic E-state index is 0.0407. The average Bonchev–Trinajstić information content (AvgIpc) is 3.24. The Morgan fingerprint density at radius 1 is 1.13 bits per heavy atom. The summed E-state index contributed by atoms with van der Waals surface area (Å²) in [4.78, 5) is 35.8. The van der Waals surface area contributed by atoms with Crippen molar-refractivity contribution in [2.45, 2.75) is 19.8 Å². The third-order valence-corrected chi connectivity index (χ3v) is 6.01. The first-order chi connectivity index (χ1) is 15.0. The van der Waals surface area contributed by atoms with Crippen LogP contribution in [0.4, 0.5) is 0 Å². The summed E-state index contributed by atoms with van der Waals surface area (Å²) in [6.45, 7) is 2.94. The maximum atomic E-state index is 13.1. The molecule has 158 valence electrons. The molecular weight excluding hydrogens is 388 g/mol. The van der Waals surface area contributed by atoms with Gasteiger partial charge in [0.15, 0.2) is 0 Å². The second-order valence-electron chi connectivity index (χ2n) is 8.13. The van der Waals surface area contributed by atoms with Gasteiger partial charge in [0.05, 0.1) is 11.6 Å². The summed E-state index contributed by atoms with van der Waals surface area (Å²) >= 11 is 0. The molecule has 3 aromatic rings. The van der Waals surface area contributed by atoms with Crippen LogP contribution in [0.1, 0.15) is 28.0 Å². The quantitative estimate of drug-likeness (QED) is 0.695. The number of benzene rings is 2. The summed E-state index contributed by atoms with van der Waals surface area (Å²) in [5, 5.41) is 2.83. The van der Waals surface area contributed by atoms with E-state index >= 15 is 0 Å². The highest BCUT2D eigenvalue weighted by atomic mass is 16.2. The molecule has 1 saturated heterocycles. The average molecular weight is 415 g/mol. The molecule has 0 radical (unpaired) electrons. The first kappa shape index (κ1) is 20.7. The lowest BCUT2D eigenvalue weighted by Gasteiger charge is -2.28. The van der Waals surface area contributed by atoms with Gasteiger partial charge in [-0.25, -0.2) is 4.98 Å². The number of aryl methyl sites for hydroxylation is 1. The number of hydrogen-bond donors (Lipinski definition) is 1. The van der Waals surface area contributed by atoms with Crippen LogP contribution in [0, 0.1) is 12.3 Å². The van der Waals surface area contributed by atoms with E-state index in [1.807, 2.05) is 18.2 Å². The van der Waals surface area contributed by atoms with Crippen LogP contribution in [0.25, 0.3) is 11.1 Å². The topological polar surface area (TPSA) is 75.2 Å². The first-order valence-corrected chi connectivity index (χ1v) is 10.4. The van der Waals surface area contributed by atoms with E-state index in [0.717, 1.165) is 16.7 Å². The lowest BCUT2D eigenvalue weighted by Crippen LogP contribution is -2.44. The normalized spacial score (nSPS) is 18.1. The highest BCUT2D eigenvalue weighted by molar-refractivity contribution is 5.93. The minimum Gasteiger partial charge on any atom is -0.359 e. The monoisotopic (exact) mass is 414 g/mol. The highest BCUT2D eigenvalue weighted by Crippen LogP contribution is 2.38. The number of nitrogens with one attached hydrogen (secondary N) is 1. The van der Waals surface area contributed by atoms with Crippen molar-refractivity contribution in [3.8, 4) is 11.1 Å².